The summed E-state index contributed by atoms with van der Waals surface area (Å²) in [5, 5.41) is -0.851. The zero-order valence-corrected chi connectivity index (χ0v) is 12.7. The van der Waals surface area contributed by atoms with Crippen LogP contribution in [-0.2, 0) is 16.4 Å². The minimum absolute atomic E-state index is 0.00949. The van der Waals surface area contributed by atoms with Gasteiger partial charge in [-0.05, 0) is 38.3 Å². The first kappa shape index (κ1) is 14.3. The standard InChI is InChI=1S/C13H18N2O2S2/c1-9-7-8-11-5-3-4-6-12(11)15(9)19(16,17)10(2)13(14)18/h3-6,9-10H,7-8H2,1-2H3,(H2,14,18). The van der Waals surface area contributed by atoms with Crippen LogP contribution in [0.5, 0.6) is 0 Å². The van der Waals surface area contributed by atoms with Crippen LogP contribution in [0, 0.1) is 0 Å². The zero-order chi connectivity index (χ0) is 14.2. The fraction of sp³-hybridized carbons (Fsp3) is 0.462. The molecule has 1 aromatic carbocycles. The van der Waals surface area contributed by atoms with Gasteiger partial charge >= 0.3 is 0 Å². The van der Waals surface area contributed by atoms with E-state index in [4.69, 9.17) is 18.0 Å². The summed E-state index contributed by atoms with van der Waals surface area (Å²) in [6.45, 7) is 3.46. The summed E-state index contributed by atoms with van der Waals surface area (Å²) in [6.07, 6.45) is 1.70. The lowest BCUT2D eigenvalue weighted by atomic mass is 9.99. The molecule has 19 heavy (non-hydrogen) atoms. The van der Waals surface area contributed by atoms with Crippen molar-refractivity contribution in [1.82, 2.24) is 0 Å². The Morgan fingerprint density at radius 1 is 1.47 bits per heavy atom. The highest BCUT2D eigenvalue weighted by atomic mass is 32.2. The van der Waals surface area contributed by atoms with E-state index in [-0.39, 0.29) is 11.0 Å². The number of hydrogen-bond acceptors (Lipinski definition) is 3. The van der Waals surface area contributed by atoms with Gasteiger partial charge in [-0.3, -0.25) is 4.31 Å². The summed E-state index contributed by atoms with van der Waals surface area (Å²) in [5.74, 6) is 0. The first-order valence-electron chi connectivity index (χ1n) is 6.26. The number of rotatable bonds is 3. The summed E-state index contributed by atoms with van der Waals surface area (Å²) in [5.41, 5.74) is 7.33. The highest BCUT2D eigenvalue weighted by molar-refractivity contribution is 7.95. The van der Waals surface area contributed by atoms with Crippen LogP contribution >= 0.6 is 12.2 Å². The van der Waals surface area contributed by atoms with Gasteiger partial charge in [-0.25, -0.2) is 8.42 Å². The molecule has 1 aromatic rings. The Labute approximate surface area is 119 Å². The number of nitrogens with zero attached hydrogens (tertiary/aromatic N) is 1. The number of thiocarbonyl (C=S) groups is 1. The Morgan fingerprint density at radius 3 is 2.74 bits per heavy atom. The van der Waals surface area contributed by atoms with Crippen molar-refractivity contribution in [2.75, 3.05) is 4.31 Å². The van der Waals surface area contributed by atoms with Gasteiger partial charge in [-0.2, -0.15) is 0 Å². The van der Waals surface area contributed by atoms with Crippen molar-refractivity contribution in [1.29, 1.82) is 0 Å². The summed E-state index contributed by atoms with van der Waals surface area (Å²) < 4.78 is 26.8. The van der Waals surface area contributed by atoms with Gasteiger partial charge in [0.15, 0.2) is 0 Å². The van der Waals surface area contributed by atoms with Gasteiger partial charge in [0, 0.05) is 6.04 Å². The summed E-state index contributed by atoms with van der Waals surface area (Å²) in [6, 6.07) is 7.52. The number of aryl methyl sites for hydroxylation is 1. The van der Waals surface area contributed by atoms with Gasteiger partial charge in [0.2, 0.25) is 10.0 Å². The molecule has 1 aliphatic heterocycles. The van der Waals surface area contributed by atoms with E-state index in [2.05, 4.69) is 0 Å². The van der Waals surface area contributed by atoms with Crippen LogP contribution < -0.4 is 10.0 Å². The maximum absolute atomic E-state index is 12.7. The molecule has 0 saturated heterocycles. The molecule has 0 saturated carbocycles. The van der Waals surface area contributed by atoms with E-state index in [1.807, 2.05) is 31.2 Å². The lowest BCUT2D eigenvalue weighted by Gasteiger charge is -2.37. The number of para-hydroxylation sites is 1. The second kappa shape index (κ2) is 5.09. The fourth-order valence-electron chi connectivity index (χ4n) is 2.36. The number of sulfonamides is 1. The molecule has 0 bridgehead atoms. The first-order valence-corrected chi connectivity index (χ1v) is 8.17. The molecule has 0 aliphatic carbocycles. The molecule has 2 unspecified atom stereocenters. The van der Waals surface area contributed by atoms with Crippen LogP contribution in [0.2, 0.25) is 0 Å². The van der Waals surface area contributed by atoms with Crippen LogP contribution in [0.15, 0.2) is 24.3 Å². The van der Waals surface area contributed by atoms with Gasteiger partial charge < -0.3 is 5.73 Å². The predicted octanol–water partition coefficient (Wildman–Crippen LogP) is 1.83. The molecule has 2 atom stereocenters. The van der Waals surface area contributed by atoms with Crippen molar-refractivity contribution in [2.24, 2.45) is 5.73 Å². The molecule has 4 nitrogen and oxygen atoms in total. The SMILES string of the molecule is CC1CCc2ccccc2N1S(=O)(=O)C(C)C(N)=S. The average molecular weight is 298 g/mol. The number of nitrogens with two attached hydrogens (primary N) is 1. The molecular formula is C13H18N2O2S2. The van der Waals surface area contributed by atoms with Crippen molar-refractivity contribution in [3.05, 3.63) is 29.8 Å². The lowest BCUT2D eigenvalue weighted by molar-refractivity contribution is 0.560. The van der Waals surface area contributed by atoms with E-state index >= 15 is 0 Å². The molecular weight excluding hydrogens is 280 g/mol. The molecule has 2 N–H and O–H groups in total. The van der Waals surface area contributed by atoms with Crippen LogP contribution in [0.3, 0.4) is 0 Å². The molecule has 0 radical (unpaired) electrons. The third-order valence-corrected chi connectivity index (χ3v) is 6.34. The van der Waals surface area contributed by atoms with Crippen LogP contribution in [0.4, 0.5) is 5.69 Å². The van der Waals surface area contributed by atoms with Crippen LogP contribution in [0.25, 0.3) is 0 Å². The zero-order valence-electron chi connectivity index (χ0n) is 11.0. The topological polar surface area (TPSA) is 63.4 Å². The van der Waals surface area contributed by atoms with Crippen molar-refractivity contribution in [2.45, 2.75) is 38.0 Å². The van der Waals surface area contributed by atoms with Crippen molar-refractivity contribution in [3.8, 4) is 0 Å². The highest BCUT2D eigenvalue weighted by Crippen LogP contribution is 2.33. The molecule has 0 aromatic heterocycles. The van der Waals surface area contributed by atoms with Gasteiger partial charge in [-0.1, -0.05) is 30.4 Å². The second-order valence-corrected chi connectivity index (χ2v) is 7.50. The van der Waals surface area contributed by atoms with Crippen molar-refractivity contribution in [3.63, 3.8) is 0 Å². The summed E-state index contributed by atoms with van der Waals surface area (Å²) >= 11 is 4.84. The Bertz CT molecular complexity index is 598. The Kier molecular flexibility index (Phi) is 3.82. The van der Waals surface area contributed by atoms with E-state index in [0.29, 0.717) is 0 Å². The maximum atomic E-state index is 12.7. The lowest BCUT2D eigenvalue weighted by Crippen LogP contribution is -2.49. The molecule has 0 spiro atoms. The minimum Gasteiger partial charge on any atom is -0.392 e. The summed E-state index contributed by atoms with van der Waals surface area (Å²) in [7, 11) is -3.56. The van der Waals surface area contributed by atoms with E-state index in [0.717, 1.165) is 24.1 Å². The van der Waals surface area contributed by atoms with E-state index in [1.54, 1.807) is 6.92 Å². The summed E-state index contributed by atoms with van der Waals surface area (Å²) in [4.78, 5) is 0.00949. The molecule has 1 heterocycles. The van der Waals surface area contributed by atoms with E-state index < -0.39 is 15.3 Å². The minimum atomic E-state index is -3.56. The molecule has 0 fully saturated rings. The molecule has 0 amide bonds. The number of fused-ring (bicyclic) bond motifs is 1. The van der Waals surface area contributed by atoms with Gasteiger partial charge in [0.25, 0.3) is 0 Å². The number of hydrogen-bond donors (Lipinski definition) is 1. The molecule has 6 heteroatoms. The number of anilines is 1. The number of benzene rings is 1. The Balaban J connectivity index is 2.53. The van der Waals surface area contributed by atoms with E-state index in [1.165, 1.54) is 4.31 Å². The fourth-order valence-corrected chi connectivity index (χ4v) is 4.42. The first-order chi connectivity index (χ1) is 8.85. The van der Waals surface area contributed by atoms with Gasteiger partial charge in [-0.15, -0.1) is 0 Å². The Morgan fingerprint density at radius 2 is 2.11 bits per heavy atom. The van der Waals surface area contributed by atoms with Crippen molar-refractivity contribution >= 4 is 32.9 Å². The maximum Gasteiger partial charge on any atom is 0.244 e. The smallest absolute Gasteiger partial charge is 0.244 e. The molecule has 2 rings (SSSR count). The van der Waals surface area contributed by atoms with Crippen LogP contribution in [-0.4, -0.2) is 24.7 Å². The normalized spacial score (nSPS) is 20.7. The monoisotopic (exact) mass is 298 g/mol. The van der Waals surface area contributed by atoms with E-state index in [9.17, 15) is 8.42 Å². The van der Waals surface area contributed by atoms with Gasteiger partial charge in [0.05, 0.1) is 10.7 Å². The quantitative estimate of drug-likeness (QED) is 0.865. The molecule has 1 aliphatic rings. The largest absolute Gasteiger partial charge is 0.392 e. The third kappa shape index (κ3) is 2.47. The predicted molar refractivity (Wildman–Crippen MR) is 81.9 cm³/mol. The van der Waals surface area contributed by atoms with Gasteiger partial charge in [0.1, 0.15) is 5.25 Å². The third-order valence-electron chi connectivity index (χ3n) is 3.58. The second-order valence-electron chi connectivity index (χ2n) is 4.90. The average Bonchev–Trinajstić information content (AvgIpc) is 2.37. The highest BCUT2D eigenvalue weighted by Gasteiger charge is 2.37. The van der Waals surface area contributed by atoms with Crippen molar-refractivity contribution < 1.29 is 8.42 Å². The molecule has 104 valence electrons. The van der Waals surface area contributed by atoms with Crippen LogP contribution in [0.1, 0.15) is 25.8 Å². The Hall–Kier alpha value is -1.14.